The molecule has 1 heterocycles. The van der Waals surface area contributed by atoms with E-state index in [1.54, 1.807) is 0 Å². The summed E-state index contributed by atoms with van der Waals surface area (Å²) < 4.78 is 2.14. The van der Waals surface area contributed by atoms with Crippen LogP contribution >= 0.6 is 0 Å². The van der Waals surface area contributed by atoms with Crippen molar-refractivity contribution in [1.82, 2.24) is 15.1 Å². The molecule has 3 nitrogen and oxygen atoms in total. The minimum Gasteiger partial charge on any atom is -0.313 e. The van der Waals surface area contributed by atoms with E-state index in [1.807, 2.05) is 0 Å². The third-order valence-corrected chi connectivity index (χ3v) is 4.19. The topological polar surface area (TPSA) is 29.9 Å². The molecule has 0 amide bonds. The second-order valence-corrected chi connectivity index (χ2v) is 6.15. The number of aromatic nitrogens is 2. The average molecular weight is 265 g/mol. The second-order valence-electron chi connectivity index (χ2n) is 6.15. The highest BCUT2D eigenvalue weighted by Gasteiger charge is 2.28. The van der Waals surface area contributed by atoms with Crippen molar-refractivity contribution in [2.75, 3.05) is 6.54 Å². The highest BCUT2D eigenvalue weighted by atomic mass is 15.3. The van der Waals surface area contributed by atoms with E-state index in [0.29, 0.717) is 11.5 Å². The van der Waals surface area contributed by atoms with Gasteiger partial charge >= 0.3 is 0 Å². The van der Waals surface area contributed by atoms with Crippen LogP contribution in [0, 0.1) is 12.3 Å². The summed E-state index contributed by atoms with van der Waals surface area (Å²) in [6.45, 7) is 15.5. The Morgan fingerprint density at radius 3 is 2.53 bits per heavy atom. The van der Waals surface area contributed by atoms with Gasteiger partial charge in [0.1, 0.15) is 0 Å². The van der Waals surface area contributed by atoms with Gasteiger partial charge in [0.25, 0.3) is 0 Å². The van der Waals surface area contributed by atoms with Crippen molar-refractivity contribution in [1.29, 1.82) is 0 Å². The van der Waals surface area contributed by atoms with E-state index >= 15 is 0 Å². The highest BCUT2D eigenvalue weighted by molar-refractivity contribution is 5.11. The van der Waals surface area contributed by atoms with Gasteiger partial charge in [0, 0.05) is 24.7 Å². The van der Waals surface area contributed by atoms with Crippen molar-refractivity contribution in [3.05, 3.63) is 17.5 Å². The van der Waals surface area contributed by atoms with Gasteiger partial charge in [0.15, 0.2) is 0 Å². The molecule has 0 aliphatic heterocycles. The molecule has 1 aromatic heterocycles. The Morgan fingerprint density at radius 1 is 1.32 bits per heavy atom. The van der Waals surface area contributed by atoms with Crippen molar-refractivity contribution in [3.8, 4) is 0 Å². The number of aryl methyl sites for hydroxylation is 2. The molecule has 0 aliphatic carbocycles. The SMILES string of the molecule is CCCNC(Cc1cc(C)nn1CC)C(C)(C)CC. The van der Waals surface area contributed by atoms with Crippen LogP contribution in [-0.2, 0) is 13.0 Å². The number of hydrogen-bond donors (Lipinski definition) is 1. The molecule has 1 unspecified atom stereocenters. The third kappa shape index (κ3) is 4.34. The van der Waals surface area contributed by atoms with Gasteiger partial charge in [-0.15, -0.1) is 0 Å². The second kappa shape index (κ2) is 7.09. The standard InChI is InChI=1S/C16H31N3/c1-7-10-17-15(16(5,6)8-2)12-14-11-13(4)18-19(14)9-3/h11,15,17H,7-10,12H2,1-6H3. The van der Waals surface area contributed by atoms with Crippen LogP contribution in [0.1, 0.15) is 58.8 Å². The van der Waals surface area contributed by atoms with Gasteiger partial charge in [-0.2, -0.15) is 5.10 Å². The minimum atomic E-state index is 0.311. The van der Waals surface area contributed by atoms with E-state index in [0.717, 1.165) is 25.2 Å². The molecular weight excluding hydrogens is 234 g/mol. The molecule has 0 saturated carbocycles. The monoisotopic (exact) mass is 265 g/mol. The molecule has 0 fully saturated rings. The number of nitrogens with zero attached hydrogens (tertiary/aromatic N) is 2. The van der Waals surface area contributed by atoms with Crippen LogP contribution < -0.4 is 5.32 Å². The van der Waals surface area contributed by atoms with Crippen LogP contribution in [0.3, 0.4) is 0 Å². The molecule has 1 N–H and O–H groups in total. The predicted molar refractivity (Wildman–Crippen MR) is 82.5 cm³/mol. The van der Waals surface area contributed by atoms with Crippen molar-refractivity contribution in [2.24, 2.45) is 5.41 Å². The fourth-order valence-electron chi connectivity index (χ4n) is 2.44. The predicted octanol–water partition coefficient (Wildman–Crippen LogP) is 3.56. The normalized spacial score (nSPS) is 13.8. The van der Waals surface area contributed by atoms with Crippen LogP contribution in [0.2, 0.25) is 0 Å². The molecule has 110 valence electrons. The molecule has 0 spiro atoms. The summed E-state index contributed by atoms with van der Waals surface area (Å²) in [5.74, 6) is 0. The first-order valence-electron chi connectivity index (χ1n) is 7.71. The lowest BCUT2D eigenvalue weighted by Gasteiger charge is -2.34. The van der Waals surface area contributed by atoms with Gasteiger partial charge in [0.05, 0.1) is 5.69 Å². The molecule has 3 heteroatoms. The molecule has 19 heavy (non-hydrogen) atoms. The van der Waals surface area contributed by atoms with Gasteiger partial charge in [-0.05, 0) is 44.7 Å². The Balaban J connectivity index is 2.87. The lowest BCUT2D eigenvalue weighted by molar-refractivity contribution is 0.227. The summed E-state index contributed by atoms with van der Waals surface area (Å²) >= 11 is 0. The van der Waals surface area contributed by atoms with E-state index in [9.17, 15) is 0 Å². The molecule has 0 bridgehead atoms. The van der Waals surface area contributed by atoms with Crippen LogP contribution in [0.25, 0.3) is 0 Å². The van der Waals surface area contributed by atoms with Gasteiger partial charge in [0.2, 0.25) is 0 Å². The van der Waals surface area contributed by atoms with Crippen LogP contribution in [-0.4, -0.2) is 22.4 Å². The van der Waals surface area contributed by atoms with E-state index in [-0.39, 0.29) is 0 Å². The zero-order valence-corrected chi connectivity index (χ0v) is 13.6. The minimum absolute atomic E-state index is 0.311. The van der Waals surface area contributed by atoms with E-state index in [2.05, 4.69) is 62.7 Å². The maximum atomic E-state index is 4.56. The first kappa shape index (κ1) is 16.2. The van der Waals surface area contributed by atoms with E-state index in [4.69, 9.17) is 0 Å². The summed E-state index contributed by atoms with van der Waals surface area (Å²) in [4.78, 5) is 0. The highest BCUT2D eigenvalue weighted by Crippen LogP contribution is 2.27. The Kier molecular flexibility index (Phi) is 6.05. The molecular formula is C16H31N3. The largest absolute Gasteiger partial charge is 0.313 e. The third-order valence-electron chi connectivity index (χ3n) is 4.19. The van der Waals surface area contributed by atoms with Gasteiger partial charge in [-0.1, -0.05) is 27.7 Å². The maximum absolute atomic E-state index is 4.56. The van der Waals surface area contributed by atoms with Crippen LogP contribution in [0.4, 0.5) is 0 Å². The quantitative estimate of drug-likeness (QED) is 0.779. The summed E-state index contributed by atoms with van der Waals surface area (Å²) in [7, 11) is 0. The maximum Gasteiger partial charge on any atom is 0.0596 e. The summed E-state index contributed by atoms with van der Waals surface area (Å²) in [6, 6.07) is 2.74. The first-order chi connectivity index (χ1) is 8.94. The molecule has 0 aliphatic rings. The van der Waals surface area contributed by atoms with Crippen LogP contribution in [0.5, 0.6) is 0 Å². The Hall–Kier alpha value is -0.830. The first-order valence-corrected chi connectivity index (χ1v) is 7.71. The molecule has 0 radical (unpaired) electrons. The van der Waals surface area contributed by atoms with E-state index < -0.39 is 0 Å². The van der Waals surface area contributed by atoms with Gasteiger partial charge in [-0.3, -0.25) is 4.68 Å². The molecule has 1 rings (SSSR count). The molecule has 0 saturated heterocycles. The van der Waals surface area contributed by atoms with E-state index in [1.165, 1.54) is 18.5 Å². The average Bonchev–Trinajstić information content (AvgIpc) is 2.74. The zero-order chi connectivity index (χ0) is 14.5. The zero-order valence-electron chi connectivity index (χ0n) is 13.6. The molecule has 1 atom stereocenters. The van der Waals surface area contributed by atoms with Gasteiger partial charge in [-0.25, -0.2) is 0 Å². The fraction of sp³-hybridized carbons (Fsp3) is 0.812. The number of hydrogen-bond acceptors (Lipinski definition) is 2. The fourth-order valence-corrected chi connectivity index (χ4v) is 2.44. The Labute approximate surface area is 118 Å². The summed E-state index contributed by atoms with van der Waals surface area (Å²) in [5, 5.41) is 8.29. The lowest BCUT2D eigenvalue weighted by atomic mass is 9.79. The summed E-state index contributed by atoms with van der Waals surface area (Å²) in [6.07, 6.45) is 3.44. The van der Waals surface area contributed by atoms with Crippen molar-refractivity contribution >= 4 is 0 Å². The van der Waals surface area contributed by atoms with Crippen LogP contribution in [0.15, 0.2) is 6.07 Å². The summed E-state index contributed by atoms with van der Waals surface area (Å²) in [5.41, 5.74) is 2.79. The molecule has 0 aromatic carbocycles. The number of nitrogens with one attached hydrogen (secondary N) is 1. The Bertz CT molecular complexity index is 379. The lowest BCUT2D eigenvalue weighted by Crippen LogP contribution is -2.44. The van der Waals surface area contributed by atoms with Crippen molar-refractivity contribution in [2.45, 2.75) is 73.4 Å². The Morgan fingerprint density at radius 2 is 2.00 bits per heavy atom. The smallest absolute Gasteiger partial charge is 0.0596 e. The van der Waals surface area contributed by atoms with Gasteiger partial charge < -0.3 is 5.32 Å². The molecule has 1 aromatic rings. The van der Waals surface area contributed by atoms with Crippen molar-refractivity contribution in [3.63, 3.8) is 0 Å². The number of rotatable bonds is 8. The van der Waals surface area contributed by atoms with Crippen molar-refractivity contribution < 1.29 is 0 Å².